The van der Waals surface area contributed by atoms with Gasteiger partial charge in [0.2, 0.25) is 0 Å². The Morgan fingerprint density at radius 3 is 2.72 bits per heavy atom. The van der Waals surface area contributed by atoms with Gasteiger partial charge in [0.25, 0.3) is 0 Å². The molecule has 1 aromatic heterocycles. The zero-order valence-corrected chi connectivity index (χ0v) is 20.3. The molecule has 0 saturated carbocycles. The Labute approximate surface area is 199 Å². The van der Waals surface area contributed by atoms with E-state index >= 15 is 0 Å². The molecule has 0 spiro atoms. The summed E-state index contributed by atoms with van der Waals surface area (Å²) in [6.45, 7) is 7.40. The molecule has 1 aliphatic carbocycles. The minimum atomic E-state index is 0.282. The van der Waals surface area contributed by atoms with Gasteiger partial charge in [0.1, 0.15) is 23.4 Å². The summed E-state index contributed by atoms with van der Waals surface area (Å²) >= 11 is 7.62. The average molecular weight is 463 g/mol. The molecule has 1 atom stereocenters. The maximum Gasteiger partial charge on any atom is 0.134 e. The number of benzene rings is 2. The molecule has 0 amide bonds. The Bertz CT molecular complexity index is 1170. The average Bonchev–Trinajstić information content (AvgIpc) is 3.14. The minimum Gasteiger partial charge on any atom is -0.489 e. The Balaban J connectivity index is 1.49. The van der Waals surface area contributed by atoms with Crippen LogP contribution in [-0.2, 0) is 19.4 Å². The maximum atomic E-state index is 9.78. The van der Waals surface area contributed by atoms with Crippen LogP contribution in [0.2, 0.25) is 5.02 Å². The molecule has 0 aliphatic heterocycles. The molecule has 5 heteroatoms. The fourth-order valence-electron chi connectivity index (χ4n) is 4.08. The van der Waals surface area contributed by atoms with Gasteiger partial charge in [-0.1, -0.05) is 56.6 Å². The number of nitriles is 1. The first-order chi connectivity index (χ1) is 15.3. The number of aliphatic imine (C=N–C) groups is 1. The first-order valence-electron chi connectivity index (χ1n) is 10.9. The zero-order valence-electron chi connectivity index (χ0n) is 18.7. The van der Waals surface area contributed by atoms with Crippen LogP contribution in [0.3, 0.4) is 0 Å². The number of rotatable bonds is 5. The fraction of sp³-hybridized carbons (Fsp3) is 0.333. The zero-order chi connectivity index (χ0) is 22.7. The molecule has 0 fully saturated rings. The third-order valence-electron chi connectivity index (χ3n) is 6.09. The number of fused-ring (bicyclic) bond motifs is 1. The summed E-state index contributed by atoms with van der Waals surface area (Å²) in [5.41, 5.74) is 4.25. The van der Waals surface area contributed by atoms with Crippen molar-refractivity contribution in [2.45, 2.75) is 46.6 Å². The highest BCUT2D eigenvalue weighted by Gasteiger charge is 2.32. The van der Waals surface area contributed by atoms with E-state index in [4.69, 9.17) is 21.3 Å². The van der Waals surface area contributed by atoms with Crippen LogP contribution in [0.1, 0.15) is 54.3 Å². The van der Waals surface area contributed by atoms with Crippen LogP contribution in [0.25, 0.3) is 0 Å². The van der Waals surface area contributed by atoms with Crippen molar-refractivity contribution in [3.05, 3.63) is 80.7 Å². The van der Waals surface area contributed by atoms with Crippen molar-refractivity contribution >= 4 is 34.2 Å². The maximum absolute atomic E-state index is 9.78. The Morgan fingerprint density at radius 2 is 2.00 bits per heavy atom. The van der Waals surface area contributed by atoms with Crippen LogP contribution in [0.4, 0.5) is 5.00 Å². The van der Waals surface area contributed by atoms with Crippen molar-refractivity contribution in [2.75, 3.05) is 0 Å². The van der Waals surface area contributed by atoms with Crippen LogP contribution in [0.15, 0.2) is 53.5 Å². The van der Waals surface area contributed by atoms with Crippen molar-refractivity contribution in [1.29, 1.82) is 5.26 Å². The summed E-state index contributed by atoms with van der Waals surface area (Å²) in [6.07, 6.45) is 4.98. The van der Waals surface area contributed by atoms with Gasteiger partial charge in [0.15, 0.2) is 0 Å². The van der Waals surface area contributed by atoms with Crippen LogP contribution < -0.4 is 4.74 Å². The van der Waals surface area contributed by atoms with Gasteiger partial charge in [-0.05, 0) is 71.6 Å². The highest BCUT2D eigenvalue weighted by Crippen LogP contribution is 2.44. The van der Waals surface area contributed by atoms with Crippen LogP contribution >= 0.6 is 22.9 Å². The molecular weight excluding hydrogens is 436 g/mol. The second kappa shape index (κ2) is 9.48. The van der Waals surface area contributed by atoms with E-state index < -0.39 is 0 Å². The summed E-state index contributed by atoms with van der Waals surface area (Å²) < 4.78 is 5.92. The van der Waals surface area contributed by atoms with E-state index in [1.165, 1.54) is 10.4 Å². The number of hydrogen-bond donors (Lipinski definition) is 0. The quantitative estimate of drug-likeness (QED) is 0.364. The van der Waals surface area contributed by atoms with E-state index in [2.05, 4.69) is 26.8 Å². The first-order valence-corrected chi connectivity index (χ1v) is 12.1. The van der Waals surface area contributed by atoms with Gasteiger partial charge in [-0.2, -0.15) is 5.26 Å². The van der Waals surface area contributed by atoms with E-state index in [9.17, 15) is 5.26 Å². The van der Waals surface area contributed by atoms with Gasteiger partial charge in [0, 0.05) is 16.1 Å². The summed E-state index contributed by atoms with van der Waals surface area (Å²) in [7, 11) is 0. The Morgan fingerprint density at radius 1 is 1.22 bits per heavy atom. The Hall–Kier alpha value is -2.61. The van der Waals surface area contributed by atoms with Crippen LogP contribution in [0, 0.1) is 22.7 Å². The highest BCUT2D eigenvalue weighted by molar-refractivity contribution is 7.16. The lowest BCUT2D eigenvalue weighted by Gasteiger charge is -2.33. The molecule has 2 aromatic carbocycles. The third-order valence-corrected chi connectivity index (χ3v) is 7.51. The van der Waals surface area contributed by atoms with Gasteiger partial charge >= 0.3 is 0 Å². The SMILES string of the molecule is CC(C)(C)[C@H]1CCc2c(sc(N=Cc3cccc(OCc4ccc(Cl)cc4)c3)c2C#N)C1. The molecule has 32 heavy (non-hydrogen) atoms. The van der Waals surface area contributed by atoms with E-state index in [-0.39, 0.29) is 5.41 Å². The molecule has 3 aromatic rings. The molecule has 0 saturated heterocycles. The normalized spacial score (nSPS) is 16.0. The molecule has 1 heterocycles. The van der Waals surface area contributed by atoms with Gasteiger partial charge in [-0.15, -0.1) is 11.3 Å². The molecule has 4 rings (SSSR count). The van der Waals surface area contributed by atoms with Crippen LogP contribution in [0.5, 0.6) is 5.75 Å². The summed E-state index contributed by atoms with van der Waals surface area (Å²) in [5, 5.41) is 11.3. The van der Waals surface area contributed by atoms with Crippen molar-refractivity contribution in [1.82, 2.24) is 0 Å². The lowest BCUT2D eigenvalue weighted by molar-refractivity contribution is 0.218. The molecule has 0 N–H and O–H groups in total. The number of halogens is 1. The van der Waals surface area contributed by atoms with Gasteiger partial charge in [0.05, 0.1) is 5.56 Å². The summed E-state index contributed by atoms with van der Waals surface area (Å²) in [4.78, 5) is 6.04. The number of ether oxygens (including phenoxy) is 1. The monoisotopic (exact) mass is 462 g/mol. The summed E-state index contributed by atoms with van der Waals surface area (Å²) in [5.74, 6) is 1.43. The van der Waals surface area contributed by atoms with E-state index in [0.717, 1.165) is 46.7 Å². The highest BCUT2D eigenvalue weighted by atomic mass is 35.5. The second-order valence-corrected chi connectivity index (χ2v) is 10.9. The Kier molecular flexibility index (Phi) is 6.69. The molecule has 164 valence electrons. The predicted octanol–water partition coefficient (Wildman–Crippen LogP) is 7.75. The summed E-state index contributed by atoms with van der Waals surface area (Å²) in [6, 6.07) is 17.9. The standard InChI is InChI=1S/C27H27ClN2OS/c1-27(2,3)20-9-12-23-24(15-29)26(32-25(23)14-20)30-16-19-5-4-6-22(13-19)31-17-18-7-10-21(28)11-8-18/h4-8,10-11,13,16,20H,9,12,14,17H2,1-3H3/t20-/m0/s1. The lowest BCUT2D eigenvalue weighted by Crippen LogP contribution is -2.26. The van der Waals surface area contributed by atoms with E-state index in [0.29, 0.717) is 17.5 Å². The second-order valence-electron chi connectivity index (χ2n) is 9.35. The molecule has 3 nitrogen and oxygen atoms in total. The molecule has 0 bridgehead atoms. The lowest BCUT2D eigenvalue weighted by atomic mass is 9.72. The number of hydrogen-bond acceptors (Lipinski definition) is 4. The van der Waals surface area contributed by atoms with Crippen LogP contribution in [-0.4, -0.2) is 6.21 Å². The van der Waals surface area contributed by atoms with Gasteiger partial charge in [-0.25, -0.2) is 4.99 Å². The van der Waals surface area contributed by atoms with Crippen molar-refractivity contribution in [3.8, 4) is 11.8 Å². The van der Waals surface area contributed by atoms with E-state index in [1.54, 1.807) is 11.3 Å². The molecule has 1 aliphatic rings. The van der Waals surface area contributed by atoms with Crippen molar-refractivity contribution in [2.24, 2.45) is 16.3 Å². The largest absolute Gasteiger partial charge is 0.489 e. The minimum absolute atomic E-state index is 0.282. The number of nitrogens with zero attached hydrogens (tertiary/aromatic N) is 2. The van der Waals surface area contributed by atoms with Crippen molar-refractivity contribution in [3.63, 3.8) is 0 Å². The number of thiophene rings is 1. The fourth-order valence-corrected chi connectivity index (χ4v) is 5.43. The molecule has 0 unspecified atom stereocenters. The van der Waals surface area contributed by atoms with Crippen molar-refractivity contribution < 1.29 is 4.74 Å². The van der Waals surface area contributed by atoms with Gasteiger partial charge < -0.3 is 4.74 Å². The molecular formula is C27H27ClN2OS. The first kappa shape index (κ1) is 22.6. The molecule has 0 radical (unpaired) electrons. The van der Waals surface area contributed by atoms with Gasteiger partial charge in [-0.3, -0.25) is 0 Å². The third kappa shape index (κ3) is 5.23. The smallest absolute Gasteiger partial charge is 0.134 e. The topological polar surface area (TPSA) is 45.4 Å². The van der Waals surface area contributed by atoms with E-state index in [1.807, 2.05) is 54.7 Å². The predicted molar refractivity (Wildman–Crippen MR) is 133 cm³/mol.